The molecule has 1 heterocycles. The number of carbonyl (C=O) groups is 1. The van der Waals surface area contributed by atoms with Crippen molar-refractivity contribution in [2.24, 2.45) is 0 Å². The normalized spacial score (nSPS) is 10.8. The van der Waals surface area contributed by atoms with Crippen molar-refractivity contribution in [3.63, 3.8) is 0 Å². The van der Waals surface area contributed by atoms with Gasteiger partial charge in [-0.25, -0.2) is 4.79 Å². The molecule has 2 amide bonds. The molecular formula is C19H25N3O2. The highest BCUT2D eigenvalue weighted by Gasteiger charge is 2.18. The molecule has 5 heteroatoms. The van der Waals surface area contributed by atoms with E-state index < -0.39 is 0 Å². The zero-order valence-electron chi connectivity index (χ0n) is 14.7. The van der Waals surface area contributed by atoms with Gasteiger partial charge in [-0.15, -0.1) is 0 Å². The van der Waals surface area contributed by atoms with E-state index in [4.69, 9.17) is 4.74 Å². The van der Waals surface area contributed by atoms with Crippen LogP contribution in [0.3, 0.4) is 0 Å². The number of nitrogens with one attached hydrogen (secondary N) is 1. The van der Waals surface area contributed by atoms with Crippen molar-refractivity contribution in [3.8, 4) is 5.75 Å². The lowest BCUT2D eigenvalue weighted by Crippen LogP contribution is -2.39. The minimum Gasteiger partial charge on any atom is -0.491 e. The highest BCUT2D eigenvalue weighted by molar-refractivity contribution is 5.89. The number of nitrogens with zero attached hydrogens (tertiary/aromatic N) is 2. The second kappa shape index (κ2) is 8.34. The summed E-state index contributed by atoms with van der Waals surface area (Å²) in [7, 11) is 0. The number of ether oxygens (including phenoxy) is 1. The van der Waals surface area contributed by atoms with E-state index in [2.05, 4.69) is 10.3 Å². The van der Waals surface area contributed by atoms with Gasteiger partial charge in [0, 0.05) is 17.9 Å². The van der Waals surface area contributed by atoms with E-state index in [0.29, 0.717) is 6.54 Å². The maximum Gasteiger partial charge on any atom is 0.322 e. The maximum atomic E-state index is 12.6. The SMILES string of the molecule is CC(C)Oc1ccc(NC(=O)N(Cc2ccccn2)C(C)C)cc1. The van der Waals surface area contributed by atoms with Gasteiger partial charge in [-0.1, -0.05) is 6.07 Å². The number of rotatable bonds is 6. The van der Waals surface area contributed by atoms with Crippen LogP contribution >= 0.6 is 0 Å². The van der Waals surface area contributed by atoms with Gasteiger partial charge in [0.25, 0.3) is 0 Å². The Labute approximate surface area is 143 Å². The second-order valence-electron chi connectivity index (χ2n) is 6.16. The predicted octanol–water partition coefficient (Wildman–Crippen LogP) is 4.31. The van der Waals surface area contributed by atoms with Crippen molar-refractivity contribution in [2.45, 2.75) is 46.4 Å². The van der Waals surface area contributed by atoms with Crippen LogP contribution in [0.2, 0.25) is 0 Å². The predicted molar refractivity (Wildman–Crippen MR) is 96.1 cm³/mol. The van der Waals surface area contributed by atoms with E-state index in [1.54, 1.807) is 11.1 Å². The molecule has 0 aliphatic carbocycles. The minimum absolute atomic E-state index is 0.0653. The minimum atomic E-state index is -0.145. The number of aromatic nitrogens is 1. The van der Waals surface area contributed by atoms with Crippen LogP contribution in [0.25, 0.3) is 0 Å². The first-order valence-corrected chi connectivity index (χ1v) is 8.20. The molecule has 2 aromatic rings. The number of hydrogen-bond acceptors (Lipinski definition) is 3. The van der Waals surface area contributed by atoms with E-state index in [1.807, 2.05) is 70.2 Å². The summed E-state index contributed by atoms with van der Waals surface area (Å²) < 4.78 is 5.61. The van der Waals surface area contributed by atoms with Gasteiger partial charge in [0.1, 0.15) is 5.75 Å². The Kier molecular flexibility index (Phi) is 6.18. The van der Waals surface area contributed by atoms with Crippen molar-refractivity contribution >= 4 is 11.7 Å². The van der Waals surface area contributed by atoms with Crippen molar-refractivity contribution < 1.29 is 9.53 Å². The Morgan fingerprint density at radius 1 is 1.12 bits per heavy atom. The summed E-state index contributed by atoms with van der Waals surface area (Å²) in [5.74, 6) is 0.789. The monoisotopic (exact) mass is 327 g/mol. The Balaban J connectivity index is 2.02. The first-order chi connectivity index (χ1) is 11.5. The number of benzene rings is 1. The average Bonchev–Trinajstić information content (AvgIpc) is 2.54. The molecule has 128 valence electrons. The number of carbonyl (C=O) groups excluding carboxylic acids is 1. The van der Waals surface area contributed by atoms with Crippen LogP contribution in [0.1, 0.15) is 33.4 Å². The summed E-state index contributed by atoms with van der Waals surface area (Å²) in [5.41, 5.74) is 1.60. The third kappa shape index (κ3) is 5.26. The van der Waals surface area contributed by atoms with E-state index in [0.717, 1.165) is 17.1 Å². The Morgan fingerprint density at radius 3 is 2.38 bits per heavy atom. The van der Waals surface area contributed by atoms with Gasteiger partial charge in [-0.3, -0.25) is 4.98 Å². The second-order valence-corrected chi connectivity index (χ2v) is 6.16. The lowest BCUT2D eigenvalue weighted by molar-refractivity contribution is 0.193. The molecule has 0 fully saturated rings. The third-order valence-corrected chi connectivity index (χ3v) is 3.42. The highest BCUT2D eigenvalue weighted by Crippen LogP contribution is 2.18. The van der Waals surface area contributed by atoms with E-state index in [1.165, 1.54) is 0 Å². The van der Waals surface area contributed by atoms with Crippen LogP contribution in [-0.2, 0) is 6.54 Å². The summed E-state index contributed by atoms with van der Waals surface area (Å²) in [6.07, 6.45) is 1.86. The topological polar surface area (TPSA) is 54.5 Å². The summed E-state index contributed by atoms with van der Waals surface area (Å²) in [6.45, 7) is 8.41. The van der Waals surface area contributed by atoms with Gasteiger partial charge in [-0.05, 0) is 64.1 Å². The highest BCUT2D eigenvalue weighted by atomic mass is 16.5. The van der Waals surface area contributed by atoms with Crippen LogP contribution in [-0.4, -0.2) is 28.1 Å². The first kappa shape index (κ1) is 17.8. The molecular weight excluding hydrogens is 302 g/mol. The molecule has 0 bridgehead atoms. The van der Waals surface area contributed by atoms with E-state index in [-0.39, 0.29) is 18.2 Å². The quantitative estimate of drug-likeness (QED) is 0.860. The van der Waals surface area contributed by atoms with Gasteiger partial charge in [0.05, 0.1) is 18.3 Å². The van der Waals surface area contributed by atoms with E-state index in [9.17, 15) is 4.79 Å². The fraction of sp³-hybridized carbons (Fsp3) is 0.368. The summed E-state index contributed by atoms with van der Waals surface area (Å²) in [6, 6.07) is 13.0. The maximum absolute atomic E-state index is 12.6. The molecule has 0 saturated carbocycles. The zero-order valence-corrected chi connectivity index (χ0v) is 14.7. The fourth-order valence-corrected chi connectivity index (χ4v) is 2.24. The van der Waals surface area contributed by atoms with Crippen LogP contribution in [0.15, 0.2) is 48.7 Å². The first-order valence-electron chi connectivity index (χ1n) is 8.20. The smallest absolute Gasteiger partial charge is 0.322 e. The molecule has 0 saturated heterocycles. The fourth-order valence-electron chi connectivity index (χ4n) is 2.24. The molecule has 0 atom stereocenters. The van der Waals surface area contributed by atoms with Gasteiger partial charge in [0.15, 0.2) is 0 Å². The van der Waals surface area contributed by atoms with Crippen molar-refractivity contribution in [1.29, 1.82) is 0 Å². The number of amides is 2. The zero-order chi connectivity index (χ0) is 17.5. The van der Waals surface area contributed by atoms with Crippen molar-refractivity contribution in [3.05, 3.63) is 54.4 Å². The van der Waals surface area contributed by atoms with E-state index >= 15 is 0 Å². The van der Waals surface area contributed by atoms with Crippen LogP contribution in [0.4, 0.5) is 10.5 Å². The molecule has 5 nitrogen and oxygen atoms in total. The Hall–Kier alpha value is -2.56. The van der Waals surface area contributed by atoms with Gasteiger partial charge >= 0.3 is 6.03 Å². The molecule has 0 aliphatic rings. The Morgan fingerprint density at radius 2 is 1.83 bits per heavy atom. The van der Waals surface area contributed by atoms with Gasteiger partial charge in [-0.2, -0.15) is 0 Å². The molecule has 24 heavy (non-hydrogen) atoms. The molecule has 0 aliphatic heterocycles. The largest absolute Gasteiger partial charge is 0.491 e. The molecule has 1 N–H and O–H groups in total. The lowest BCUT2D eigenvalue weighted by Gasteiger charge is -2.26. The molecule has 0 spiro atoms. The van der Waals surface area contributed by atoms with Crippen LogP contribution in [0, 0.1) is 0 Å². The number of pyridine rings is 1. The lowest BCUT2D eigenvalue weighted by atomic mass is 10.2. The molecule has 1 aromatic carbocycles. The molecule has 0 radical (unpaired) electrons. The summed E-state index contributed by atoms with van der Waals surface area (Å²) in [4.78, 5) is 18.6. The van der Waals surface area contributed by atoms with Gasteiger partial charge in [0.2, 0.25) is 0 Å². The Bertz CT molecular complexity index is 639. The molecule has 0 unspecified atom stereocenters. The van der Waals surface area contributed by atoms with Gasteiger partial charge < -0.3 is 15.0 Å². The van der Waals surface area contributed by atoms with Crippen LogP contribution in [0.5, 0.6) is 5.75 Å². The van der Waals surface area contributed by atoms with Crippen molar-refractivity contribution in [1.82, 2.24) is 9.88 Å². The molecule has 2 rings (SSSR count). The average molecular weight is 327 g/mol. The number of anilines is 1. The van der Waals surface area contributed by atoms with Crippen LogP contribution < -0.4 is 10.1 Å². The third-order valence-electron chi connectivity index (χ3n) is 3.42. The summed E-state index contributed by atoms with van der Waals surface area (Å²) >= 11 is 0. The number of urea groups is 1. The number of hydrogen-bond donors (Lipinski definition) is 1. The van der Waals surface area contributed by atoms with Crippen molar-refractivity contribution in [2.75, 3.05) is 5.32 Å². The molecule has 1 aromatic heterocycles. The standard InChI is InChI=1S/C19H25N3O2/c1-14(2)22(13-17-7-5-6-12-20-17)19(23)21-16-8-10-18(11-9-16)24-15(3)4/h5-12,14-15H,13H2,1-4H3,(H,21,23). The summed E-state index contributed by atoms with van der Waals surface area (Å²) in [5, 5.41) is 2.93.